The molecule has 2 heterocycles. The lowest BCUT2D eigenvalue weighted by Gasteiger charge is -2.42. The van der Waals surface area contributed by atoms with E-state index in [2.05, 4.69) is 14.8 Å². The van der Waals surface area contributed by atoms with Crippen LogP contribution in [0.4, 0.5) is 8.78 Å². The molecule has 0 aromatic carbocycles. The van der Waals surface area contributed by atoms with E-state index in [0.29, 0.717) is 12.2 Å². The molecular formula is C14H19F2N3. The Hall–Kier alpha value is -1.07. The third kappa shape index (κ3) is 2.92. The summed E-state index contributed by atoms with van der Waals surface area (Å²) in [7, 11) is 0. The molecule has 0 spiro atoms. The van der Waals surface area contributed by atoms with Gasteiger partial charge >= 0.3 is 0 Å². The summed E-state index contributed by atoms with van der Waals surface area (Å²) < 4.78 is 26.3. The van der Waals surface area contributed by atoms with E-state index in [1.54, 1.807) is 0 Å². The minimum Gasteiger partial charge on any atom is -0.298 e. The van der Waals surface area contributed by atoms with Crippen LogP contribution in [-0.2, 0) is 6.54 Å². The zero-order chi connectivity index (χ0) is 13.2. The molecule has 1 aliphatic carbocycles. The Balaban J connectivity index is 1.54. The zero-order valence-corrected chi connectivity index (χ0v) is 11.0. The van der Waals surface area contributed by atoms with Crippen LogP contribution in [0.1, 0.15) is 25.0 Å². The molecule has 2 aliphatic rings. The second kappa shape index (κ2) is 5.51. The van der Waals surface area contributed by atoms with Gasteiger partial charge in [0.05, 0.1) is 11.9 Å². The van der Waals surface area contributed by atoms with E-state index in [-0.39, 0.29) is 0 Å². The van der Waals surface area contributed by atoms with Crippen LogP contribution in [-0.4, -0.2) is 47.0 Å². The molecule has 0 bridgehead atoms. The van der Waals surface area contributed by atoms with Crippen molar-refractivity contribution in [2.75, 3.05) is 26.2 Å². The van der Waals surface area contributed by atoms with Crippen LogP contribution in [0.3, 0.4) is 0 Å². The molecule has 1 aromatic rings. The molecule has 0 unspecified atom stereocenters. The van der Waals surface area contributed by atoms with Crippen LogP contribution in [0, 0.1) is 11.6 Å². The Morgan fingerprint density at radius 3 is 2.47 bits per heavy atom. The average molecular weight is 267 g/mol. The Morgan fingerprint density at radius 1 is 1.16 bits per heavy atom. The first-order chi connectivity index (χ1) is 9.22. The molecule has 0 atom stereocenters. The van der Waals surface area contributed by atoms with E-state index in [1.165, 1.54) is 19.3 Å². The summed E-state index contributed by atoms with van der Waals surface area (Å²) in [4.78, 5) is 8.58. The first kappa shape index (κ1) is 12.9. The maximum Gasteiger partial charge on any atom is 0.148 e. The first-order valence-corrected chi connectivity index (χ1v) is 6.99. The smallest absolute Gasteiger partial charge is 0.148 e. The predicted octanol–water partition coefficient (Wildman–Crippen LogP) is 2.03. The molecule has 1 saturated carbocycles. The largest absolute Gasteiger partial charge is 0.298 e. The van der Waals surface area contributed by atoms with Gasteiger partial charge in [0.15, 0.2) is 0 Å². The molecule has 0 N–H and O–H groups in total. The van der Waals surface area contributed by atoms with Gasteiger partial charge in [-0.25, -0.2) is 8.78 Å². The highest BCUT2D eigenvalue weighted by molar-refractivity contribution is 5.08. The van der Waals surface area contributed by atoms with Crippen molar-refractivity contribution >= 4 is 0 Å². The van der Waals surface area contributed by atoms with Gasteiger partial charge in [0, 0.05) is 44.8 Å². The fraction of sp³-hybridized carbons (Fsp3) is 0.643. The van der Waals surface area contributed by atoms with Crippen LogP contribution in [0.2, 0.25) is 0 Å². The molecule has 1 aliphatic heterocycles. The van der Waals surface area contributed by atoms with Crippen LogP contribution in [0.25, 0.3) is 0 Å². The third-order valence-corrected chi connectivity index (χ3v) is 4.26. The molecule has 1 aromatic heterocycles. The number of halogens is 2. The summed E-state index contributed by atoms with van der Waals surface area (Å²) in [6.07, 6.45) is 5.10. The Kier molecular flexibility index (Phi) is 3.75. The Morgan fingerprint density at radius 2 is 1.89 bits per heavy atom. The van der Waals surface area contributed by atoms with Crippen molar-refractivity contribution in [3.8, 4) is 0 Å². The van der Waals surface area contributed by atoms with Crippen molar-refractivity contribution in [2.24, 2.45) is 0 Å². The second-order valence-corrected chi connectivity index (χ2v) is 5.48. The van der Waals surface area contributed by atoms with Gasteiger partial charge in [0.2, 0.25) is 0 Å². The normalized spacial score (nSPS) is 22.4. The van der Waals surface area contributed by atoms with Crippen LogP contribution < -0.4 is 0 Å². The average Bonchev–Trinajstić information content (AvgIpc) is 2.33. The van der Waals surface area contributed by atoms with Crippen LogP contribution in [0.15, 0.2) is 12.3 Å². The maximum atomic E-state index is 13.5. The van der Waals surface area contributed by atoms with Crippen molar-refractivity contribution in [3.05, 3.63) is 29.6 Å². The third-order valence-electron chi connectivity index (χ3n) is 4.26. The molecule has 0 amide bonds. The van der Waals surface area contributed by atoms with Crippen LogP contribution in [0.5, 0.6) is 0 Å². The Bertz CT molecular complexity index is 440. The predicted molar refractivity (Wildman–Crippen MR) is 68.6 cm³/mol. The maximum absolute atomic E-state index is 13.5. The molecule has 3 rings (SSSR count). The molecule has 5 heteroatoms. The van der Waals surface area contributed by atoms with Crippen molar-refractivity contribution in [1.29, 1.82) is 0 Å². The SMILES string of the molecule is Fc1cnc(CN2CCN(C3CCC3)CC2)c(F)c1. The number of hydrogen-bond acceptors (Lipinski definition) is 3. The number of piperazine rings is 1. The monoisotopic (exact) mass is 267 g/mol. The van der Waals surface area contributed by atoms with Crippen molar-refractivity contribution in [1.82, 2.24) is 14.8 Å². The standard InChI is InChI=1S/C14H19F2N3/c15-11-8-13(16)14(17-9-11)10-18-4-6-19(7-5-18)12-2-1-3-12/h8-9,12H,1-7,10H2. The minimum atomic E-state index is -0.615. The van der Waals surface area contributed by atoms with E-state index in [9.17, 15) is 8.78 Å². The first-order valence-electron chi connectivity index (χ1n) is 6.99. The topological polar surface area (TPSA) is 19.4 Å². The number of rotatable bonds is 3. The quantitative estimate of drug-likeness (QED) is 0.835. The summed E-state index contributed by atoms with van der Waals surface area (Å²) in [6.45, 7) is 4.45. The number of aromatic nitrogens is 1. The van der Waals surface area contributed by atoms with Crippen LogP contribution >= 0.6 is 0 Å². The lowest BCUT2D eigenvalue weighted by Crippen LogP contribution is -2.51. The molecule has 1 saturated heterocycles. The molecule has 104 valence electrons. The van der Waals surface area contributed by atoms with E-state index < -0.39 is 11.6 Å². The molecular weight excluding hydrogens is 248 g/mol. The fourth-order valence-electron chi connectivity index (χ4n) is 2.81. The summed E-state index contributed by atoms with van der Waals surface area (Å²) in [5.74, 6) is -1.16. The summed E-state index contributed by atoms with van der Waals surface area (Å²) >= 11 is 0. The molecule has 3 nitrogen and oxygen atoms in total. The van der Waals surface area contributed by atoms with Gasteiger partial charge in [-0.3, -0.25) is 14.8 Å². The fourth-order valence-corrected chi connectivity index (χ4v) is 2.81. The number of hydrogen-bond donors (Lipinski definition) is 0. The van der Waals surface area contributed by atoms with Gasteiger partial charge in [-0.2, -0.15) is 0 Å². The van der Waals surface area contributed by atoms with Gasteiger partial charge in [-0.1, -0.05) is 6.42 Å². The van der Waals surface area contributed by atoms with Gasteiger partial charge < -0.3 is 0 Å². The molecule has 2 fully saturated rings. The highest BCUT2D eigenvalue weighted by Crippen LogP contribution is 2.25. The van der Waals surface area contributed by atoms with Gasteiger partial charge in [-0.05, 0) is 12.8 Å². The molecule has 19 heavy (non-hydrogen) atoms. The lowest BCUT2D eigenvalue weighted by atomic mass is 9.91. The van der Waals surface area contributed by atoms with Crippen molar-refractivity contribution in [2.45, 2.75) is 31.8 Å². The van der Waals surface area contributed by atoms with Gasteiger partial charge in [0.25, 0.3) is 0 Å². The lowest BCUT2D eigenvalue weighted by molar-refractivity contribution is 0.0578. The van der Waals surface area contributed by atoms with Gasteiger partial charge in [0.1, 0.15) is 11.6 Å². The van der Waals surface area contributed by atoms with Crippen molar-refractivity contribution < 1.29 is 8.78 Å². The van der Waals surface area contributed by atoms with E-state index in [4.69, 9.17) is 0 Å². The second-order valence-electron chi connectivity index (χ2n) is 5.48. The van der Waals surface area contributed by atoms with E-state index in [0.717, 1.165) is 44.5 Å². The summed E-state index contributed by atoms with van der Waals surface area (Å²) in [6, 6.07) is 1.69. The number of pyridine rings is 1. The van der Waals surface area contributed by atoms with Gasteiger partial charge in [-0.15, -0.1) is 0 Å². The number of nitrogens with zero attached hydrogens (tertiary/aromatic N) is 3. The summed E-state index contributed by atoms with van der Waals surface area (Å²) in [5, 5.41) is 0. The van der Waals surface area contributed by atoms with E-state index >= 15 is 0 Å². The minimum absolute atomic E-state index is 0.346. The summed E-state index contributed by atoms with van der Waals surface area (Å²) in [5.41, 5.74) is 0.346. The zero-order valence-electron chi connectivity index (χ0n) is 11.0. The molecule has 0 radical (unpaired) electrons. The highest BCUT2D eigenvalue weighted by Gasteiger charge is 2.28. The van der Waals surface area contributed by atoms with E-state index in [1.807, 2.05) is 0 Å². The Labute approximate surface area is 112 Å². The highest BCUT2D eigenvalue weighted by atomic mass is 19.1. The van der Waals surface area contributed by atoms with Crippen molar-refractivity contribution in [3.63, 3.8) is 0 Å².